The lowest BCUT2D eigenvalue weighted by molar-refractivity contribution is -0.137. The van der Waals surface area contributed by atoms with Crippen molar-refractivity contribution in [3.8, 4) is 0 Å². The molecule has 1 amide bonds. The second kappa shape index (κ2) is 5.67. The van der Waals surface area contributed by atoms with E-state index < -0.39 is 23.6 Å². The minimum absolute atomic E-state index is 0.0307. The molecule has 6 heteroatoms. The fraction of sp³-hybridized carbons (Fsp3) is 0.778. The maximum Gasteiger partial charge on any atom is 0.305 e. The first-order valence-electron chi connectivity index (χ1n) is 4.62. The highest BCUT2D eigenvalue weighted by Gasteiger charge is 2.23. The Kier molecular flexibility index (Phi) is 5.24. The summed E-state index contributed by atoms with van der Waals surface area (Å²) in [4.78, 5) is 21.3. The SMILES string of the molecule is CC(C)(O)C[C@@H](O)C(=O)NCCC(=O)O. The number of carbonyl (C=O) groups excluding carboxylic acids is 1. The van der Waals surface area contributed by atoms with Crippen LogP contribution < -0.4 is 5.32 Å². The van der Waals surface area contributed by atoms with Crippen molar-refractivity contribution >= 4 is 11.9 Å². The minimum Gasteiger partial charge on any atom is -0.481 e. The Morgan fingerprint density at radius 1 is 1.40 bits per heavy atom. The average molecular weight is 219 g/mol. The summed E-state index contributed by atoms with van der Waals surface area (Å²) >= 11 is 0. The molecule has 0 radical (unpaired) electrons. The molecule has 0 aromatic carbocycles. The van der Waals surface area contributed by atoms with E-state index in [0.717, 1.165) is 0 Å². The van der Waals surface area contributed by atoms with Gasteiger partial charge in [0, 0.05) is 13.0 Å². The van der Waals surface area contributed by atoms with E-state index in [1.807, 2.05) is 0 Å². The summed E-state index contributed by atoms with van der Waals surface area (Å²) < 4.78 is 0. The molecule has 0 aromatic rings. The molecule has 0 spiro atoms. The van der Waals surface area contributed by atoms with Gasteiger partial charge in [0.15, 0.2) is 0 Å². The Labute approximate surface area is 87.9 Å². The molecule has 0 fully saturated rings. The molecule has 0 aromatic heterocycles. The lowest BCUT2D eigenvalue weighted by Gasteiger charge is -2.20. The number of amides is 1. The van der Waals surface area contributed by atoms with E-state index in [-0.39, 0.29) is 19.4 Å². The molecule has 0 saturated carbocycles. The van der Waals surface area contributed by atoms with Crippen LogP contribution in [0.2, 0.25) is 0 Å². The van der Waals surface area contributed by atoms with Gasteiger partial charge in [0.2, 0.25) is 5.91 Å². The van der Waals surface area contributed by atoms with Gasteiger partial charge in [-0.1, -0.05) is 0 Å². The lowest BCUT2D eigenvalue weighted by Crippen LogP contribution is -2.39. The first-order valence-corrected chi connectivity index (χ1v) is 4.62. The molecule has 4 N–H and O–H groups in total. The predicted octanol–water partition coefficient (Wildman–Crippen LogP) is -0.901. The first-order chi connectivity index (χ1) is 6.72. The van der Waals surface area contributed by atoms with Crippen LogP contribution in [0.15, 0.2) is 0 Å². The van der Waals surface area contributed by atoms with Crippen molar-refractivity contribution in [2.75, 3.05) is 6.54 Å². The Morgan fingerprint density at radius 3 is 2.33 bits per heavy atom. The Balaban J connectivity index is 3.85. The largest absolute Gasteiger partial charge is 0.481 e. The molecule has 0 heterocycles. The van der Waals surface area contributed by atoms with Crippen molar-refractivity contribution in [3.05, 3.63) is 0 Å². The quantitative estimate of drug-likeness (QED) is 0.463. The maximum atomic E-state index is 11.1. The summed E-state index contributed by atoms with van der Waals surface area (Å²) in [5.41, 5.74) is -1.14. The fourth-order valence-electron chi connectivity index (χ4n) is 0.976. The van der Waals surface area contributed by atoms with Gasteiger partial charge in [0.1, 0.15) is 6.10 Å². The Bertz CT molecular complexity index is 233. The van der Waals surface area contributed by atoms with Crippen molar-refractivity contribution in [2.24, 2.45) is 0 Å². The molecule has 0 aliphatic heterocycles. The molecular weight excluding hydrogens is 202 g/mol. The van der Waals surface area contributed by atoms with Gasteiger partial charge >= 0.3 is 5.97 Å². The zero-order valence-corrected chi connectivity index (χ0v) is 8.86. The molecule has 0 aliphatic rings. The van der Waals surface area contributed by atoms with E-state index in [9.17, 15) is 19.8 Å². The number of rotatable bonds is 6. The van der Waals surface area contributed by atoms with Crippen molar-refractivity contribution in [1.29, 1.82) is 0 Å². The van der Waals surface area contributed by atoms with Gasteiger partial charge in [-0.3, -0.25) is 9.59 Å². The number of aliphatic hydroxyl groups is 2. The minimum atomic E-state index is -1.32. The summed E-state index contributed by atoms with van der Waals surface area (Å²) in [6.07, 6.45) is -1.61. The van der Waals surface area contributed by atoms with Crippen LogP contribution >= 0.6 is 0 Å². The smallest absolute Gasteiger partial charge is 0.305 e. The van der Waals surface area contributed by atoms with E-state index in [0.29, 0.717) is 0 Å². The molecule has 0 bridgehead atoms. The molecule has 15 heavy (non-hydrogen) atoms. The second-order valence-electron chi connectivity index (χ2n) is 3.97. The average Bonchev–Trinajstić information content (AvgIpc) is 1.99. The predicted molar refractivity (Wildman–Crippen MR) is 52.2 cm³/mol. The van der Waals surface area contributed by atoms with Crippen molar-refractivity contribution < 1.29 is 24.9 Å². The second-order valence-corrected chi connectivity index (χ2v) is 3.97. The third-order valence-electron chi connectivity index (χ3n) is 1.63. The summed E-state index contributed by atoms with van der Waals surface area (Å²) in [5, 5.41) is 29.2. The van der Waals surface area contributed by atoms with Crippen LogP contribution in [0.3, 0.4) is 0 Å². The number of nitrogens with one attached hydrogen (secondary N) is 1. The number of hydrogen-bond donors (Lipinski definition) is 4. The van der Waals surface area contributed by atoms with Crippen LogP contribution in [0.5, 0.6) is 0 Å². The molecule has 0 rings (SSSR count). The molecule has 88 valence electrons. The van der Waals surface area contributed by atoms with Crippen LogP contribution in [-0.2, 0) is 9.59 Å². The fourth-order valence-corrected chi connectivity index (χ4v) is 0.976. The number of aliphatic carboxylic acids is 1. The van der Waals surface area contributed by atoms with Gasteiger partial charge in [0.25, 0.3) is 0 Å². The summed E-state index contributed by atoms with van der Waals surface area (Å²) in [6.45, 7) is 2.92. The highest BCUT2D eigenvalue weighted by Crippen LogP contribution is 2.10. The van der Waals surface area contributed by atoms with Crippen molar-refractivity contribution in [1.82, 2.24) is 5.32 Å². The highest BCUT2D eigenvalue weighted by molar-refractivity contribution is 5.81. The Morgan fingerprint density at radius 2 is 1.93 bits per heavy atom. The van der Waals surface area contributed by atoms with Crippen LogP contribution in [0.25, 0.3) is 0 Å². The Hall–Kier alpha value is -1.14. The number of carboxylic acids is 1. The van der Waals surface area contributed by atoms with Gasteiger partial charge in [-0.2, -0.15) is 0 Å². The zero-order chi connectivity index (χ0) is 12.1. The van der Waals surface area contributed by atoms with Gasteiger partial charge < -0.3 is 20.6 Å². The topological polar surface area (TPSA) is 107 Å². The molecule has 0 unspecified atom stereocenters. The molecule has 0 saturated heterocycles. The van der Waals surface area contributed by atoms with Gasteiger partial charge in [0.05, 0.1) is 12.0 Å². The van der Waals surface area contributed by atoms with Crippen molar-refractivity contribution in [2.45, 2.75) is 38.4 Å². The van der Waals surface area contributed by atoms with E-state index in [4.69, 9.17) is 5.11 Å². The van der Waals surface area contributed by atoms with Gasteiger partial charge in [-0.25, -0.2) is 0 Å². The number of hydrogen-bond acceptors (Lipinski definition) is 4. The van der Waals surface area contributed by atoms with E-state index >= 15 is 0 Å². The number of aliphatic hydroxyl groups excluding tert-OH is 1. The maximum absolute atomic E-state index is 11.1. The van der Waals surface area contributed by atoms with Gasteiger partial charge in [-0.05, 0) is 13.8 Å². The number of carbonyl (C=O) groups is 2. The summed E-state index contributed by atoms with van der Waals surface area (Å²) in [7, 11) is 0. The van der Waals surface area contributed by atoms with E-state index in [1.165, 1.54) is 13.8 Å². The van der Waals surface area contributed by atoms with Crippen LogP contribution in [0, 0.1) is 0 Å². The molecule has 0 aliphatic carbocycles. The highest BCUT2D eigenvalue weighted by atomic mass is 16.4. The third kappa shape index (κ3) is 7.90. The lowest BCUT2D eigenvalue weighted by atomic mass is 10.0. The van der Waals surface area contributed by atoms with Crippen LogP contribution in [0.1, 0.15) is 26.7 Å². The molecule has 1 atom stereocenters. The third-order valence-corrected chi connectivity index (χ3v) is 1.63. The van der Waals surface area contributed by atoms with E-state index in [1.54, 1.807) is 0 Å². The normalized spacial score (nSPS) is 13.3. The zero-order valence-electron chi connectivity index (χ0n) is 8.86. The number of carboxylic acid groups (broad SMARTS) is 1. The van der Waals surface area contributed by atoms with Crippen LogP contribution in [0.4, 0.5) is 0 Å². The summed E-state index contributed by atoms with van der Waals surface area (Å²) in [6, 6.07) is 0. The molecule has 6 nitrogen and oxygen atoms in total. The van der Waals surface area contributed by atoms with E-state index in [2.05, 4.69) is 5.32 Å². The van der Waals surface area contributed by atoms with Crippen molar-refractivity contribution in [3.63, 3.8) is 0 Å². The monoisotopic (exact) mass is 219 g/mol. The van der Waals surface area contributed by atoms with Crippen LogP contribution in [-0.4, -0.2) is 45.4 Å². The molecular formula is C9H17NO5. The first kappa shape index (κ1) is 13.9. The van der Waals surface area contributed by atoms with Gasteiger partial charge in [-0.15, -0.1) is 0 Å². The summed E-state index contributed by atoms with van der Waals surface area (Å²) in [5.74, 6) is -1.69. The standard InChI is InChI=1S/C9H17NO5/c1-9(2,15)5-6(11)8(14)10-4-3-7(12)13/h6,11,15H,3-5H2,1-2H3,(H,10,14)(H,12,13)/t6-/m1/s1.